The number of ether oxygens (including phenoxy) is 1. The molecule has 2 N–H and O–H groups in total. The molecule has 156 valence electrons. The molecule has 1 aromatic heterocycles. The Labute approximate surface area is 173 Å². The number of aryl methyl sites for hydroxylation is 1. The van der Waals surface area contributed by atoms with Gasteiger partial charge in [0.05, 0.1) is 26.6 Å². The summed E-state index contributed by atoms with van der Waals surface area (Å²) >= 11 is 1.08. The largest absolute Gasteiger partial charge is 0.380 e. The maximum Gasteiger partial charge on any atom is 0.285 e. The van der Waals surface area contributed by atoms with Gasteiger partial charge in [-0.15, -0.1) is 4.40 Å². The monoisotopic (exact) mass is 455 g/mol. The molecule has 0 fully saturated rings. The maximum atomic E-state index is 12.8. The van der Waals surface area contributed by atoms with Crippen LogP contribution < -0.4 is 9.94 Å². The third-order valence-corrected chi connectivity index (χ3v) is 7.51. The van der Waals surface area contributed by atoms with Crippen LogP contribution in [0.3, 0.4) is 0 Å². The van der Waals surface area contributed by atoms with Crippen LogP contribution in [0, 0.1) is 6.92 Å². The van der Waals surface area contributed by atoms with Crippen molar-refractivity contribution in [2.75, 3.05) is 13.2 Å². The lowest BCUT2D eigenvalue weighted by molar-refractivity contribution is 0.139. The molecule has 0 aliphatic rings. The fourth-order valence-electron chi connectivity index (χ4n) is 2.68. The van der Waals surface area contributed by atoms with Gasteiger partial charge in [-0.2, -0.15) is 8.42 Å². The van der Waals surface area contributed by atoms with Gasteiger partial charge in [0, 0.05) is 13.2 Å². The van der Waals surface area contributed by atoms with Crippen LogP contribution in [-0.2, 0) is 31.3 Å². The van der Waals surface area contributed by atoms with Crippen molar-refractivity contribution in [2.45, 2.75) is 30.2 Å². The predicted octanol–water partition coefficient (Wildman–Crippen LogP) is 1.98. The van der Waals surface area contributed by atoms with Gasteiger partial charge in [-0.3, -0.25) is 0 Å². The van der Waals surface area contributed by atoms with Crippen LogP contribution in [0.1, 0.15) is 12.5 Å². The summed E-state index contributed by atoms with van der Waals surface area (Å²) in [7, 11) is -7.82. The molecular weight excluding hydrogens is 434 g/mol. The van der Waals surface area contributed by atoms with Gasteiger partial charge in [-0.1, -0.05) is 29.0 Å². The number of nitrogens with zero attached hydrogens (tertiary/aromatic N) is 2. The number of rotatable bonds is 7. The van der Waals surface area contributed by atoms with E-state index in [-0.39, 0.29) is 14.6 Å². The Morgan fingerprint density at radius 3 is 2.34 bits per heavy atom. The first-order valence-corrected chi connectivity index (χ1v) is 12.5. The summed E-state index contributed by atoms with van der Waals surface area (Å²) in [6.45, 7) is 4.97. The van der Waals surface area contributed by atoms with Crippen molar-refractivity contribution in [1.82, 2.24) is 4.57 Å². The van der Waals surface area contributed by atoms with E-state index >= 15 is 0 Å². The Kier molecular flexibility index (Phi) is 6.24. The first-order valence-electron chi connectivity index (χ1n) is 8.73. The van der Waals surface area contributed by atoms with E-state index < -0.39 is 20.0 Å². The molecule has 0 unspecified atom stereocenters. The molecule has 0 spiro atoms. The average Bonchev–Trinajstić information content (AvgIpc) is 2.97. The molecule has 2 aromatic carbocycles. The van der Waals surface area contributed by atoms with Crippen molar-refractivity contribution in [1.29, 1.82) is 0 Å². The lowest BCUT2D eigenvalue weighted by Crippen LogP contribution is -2.20. The summed E-state index contributed by atoms with van der Waals surface area (Å²) < 4.78 is 60.5. The molecule has 0 saturated carbocycles. The third-order valence-electron chi connectivity index (χ3n) is 4.16. The van der Waals surface area contributed by atoms with Crippen LogP contribution in [0.5, 0.6) is 0 Å². The lowest BCUT2D eigenvalue weighted by Gasteiger charge is -2.06. The minimum atomic E-state index is -3.94. The van der Waals surface area contributed by atoms with E-state index in [4.69, 9.17) is 9.88 Å². The van der Waals surface area contributed by atoms with Crippen molar-refractivity contribution in [3.63, 3.8) is 0 Å². The zero-order valence-electron chi connectivity index (χ0n) is 15.9. The minimum Gasteiger partial charge on any atom is -0.380 e. The standard InChI is InChI=1S/C18H21N3O5S3/c1-3-26-11-10-21-16-9-8-15(28(19,22)23)12-17(16)27-18(21)20-29(24,25)14-6-4-13(2)5-7-14/h4-9,12H,3,10-11H2,1-2H3,(H2,19,22,23). The van der Waals surface area contributed by atoms with E-state index in [2.05, 4.69) is 4.40 Å². The molecule has 0 radical (unpaired) electrons. The number of hydrogen-bond donors (Lipinski definition) is 1. The van der Waals surface area contributed by atoms with Crippen LogP contribution in [0.4, 0.5) is 0 Å². The Morgan fingerprint density at radius 1 is 1.07 bits per heavy atom. The van der Waals surface area contributed by atoms with Gasteiger partial charge < -0.3 is 9.30 Å². The summed E-state index contributed by atoms with van der Waals surface area (Å²) in [5.74, 6) is 0. The molecule has 0 amide bonds. The highest BCUT2D eigenvalue weighted by Crippen LogP contribution is 2.22. The normalized spacial score (nSPS) is 13.3. The quantitative estimate of drug-likeness (QED) is 0.546. The lowest BCUT2D eigenvalue weighted by atomic mass is 10.2. The molecule has 8 nitrogen and oxygen atoms in total. The smallest absolute Gasteiger partial charge is 0.285 e. The number of hydrogen-bond acceptors (Lipinski definition) is 6. The van der Waals surface area contributed by atoms with Crippen molar-refractivity contribution in [2.24, 2.45) is 9.54 Å². The van der Waals surface area contributed by atoms with E-state index in [0.29, 0.717) is 30.0 Å². The molecule has 0 aliphatic heterocycles. The first-order chi connectivity index (χ1) is 13.6. The maximum absolute atomic E-state index is 12.8. The number of primary sulfonamides is 1. The van der Waals surface area contributed by atoms with E-state index in [9.17, 15) is 16.8 Å². The number of nitrogens with two attached hydrogens (primary N) is 1. The molecule has 0 atom stereocenters. The van der Waals surface area contributed by atoms with Gasteiger partial charge in [0.1, 0.15) is 0 Å². The summed E-state index contributed by atoms with van der Waals surface area (Å²) in [6, 6.07) is 10.8. The van der Waals surface area contributed by atoms with Crippen molar-refractivity contribution in [3.8, 4) is 0 Å². The topological polar surface area (TPSA) is 121 Å². The Balaban J connectivity index is 2.19. The van der Waals surface area contributed by atoms with Gasteiger partial charge in [0.15, 0.2) is 0 Å². The fraction of sp³-hybridized carbons (Fsp3) is 0.278. The third kappa shape index (κ3) is 4.93. The Bertz CT molecular complexity index is 1310. The van der Waals surface area contributed by atoms with E-state index in [1.54, 1.807) is 22.8 Å². The number of fused-ring (bicyclic) bond motifs is 1. The highest BCUT2D eigenvalue weighted by molar-refractivity contribution is 7.90. The SMILES string of the molecule is CCOCCn1c(=NS(=O)(=O)c2ccc(C)cc2)sc2cc(S(N)(=O)=O)ccc21. The van der Waals surface area contributed by atoms with Gasteiger partial charge in [0.25, 0.3) is 10.0 Å². The second-order valence-corrected chi connectivity index (χ2v) is 10.5. The highest BCUT2D eigenvalue weighted by atomic mass is 32.2. The van der Waals surface area contributed by atoms with Crippen molar-refractivity contribution in [3.05, 3.63) is 52.8 Å². The summed E-state index contributed by atoms with van der Waals surface area (Å²) in [4.78, 5) is 0.269. The zero-order valence-corrected chi connectivity index (χ0v) is 18.4. The number of aromatic nitrogens is 1. The van der Waals surface area contributed by atoms with Crippen LogP contribution in [-0.4, -0.2) is 34.6 Å². The molecule has 11 heteroatoms. The van der Waals surface area contributed by atoms with Gasteiger partial charge >= 0.3 is 0 Å². The molecule has 0 saturated heterocycles. The summed E-state index contributed by atoms with van der Waals surface area (Å²) in [5, 5.41) is 5.21. The fourth-order valence-corrected chi connectivity index (χ4v) is 5.60. The summed E-state index contributed by atoms with van der Waals surface area (Å²) in [6.07, 6.45) is 0. The zero-order chi connectivity index (χ0) is 21.2. The number of thiazole rings is 1. The van der Waals surface area contributed by atoms with Crippen LogP contribution >= 0.6 is 11.3 Å². The number of benzene rings is 2. The molecule has 3 aromatic rings. The van der Waals surface area contributed by atoms with Crippen LogP contribution in [0.2, 0.25) is 0 Å². The van der Waals surface area contributed by atoms with Crippen molar-refractivity contribution < 1.29 is 21.6 Å². The molecule has 0 bridgehead atoms. The Hall–Kier alpha value is -2.05. The van der Waals surface area contributed by atoms with Gasteiger partial charge in [-0.25, -0.2) is 13.6 Å². The molecule has 3 rings (SSSR count). The highest BCUT2D eigenvalue weighted by Gasteiger charge is 2.16. The molecule has 29 heavy (non-hydrogen) atoms. The van der Waals surface area contributed by atoms with E-state index in [1.165, 1.54) is 24.3 Å². The summed E-state index contributed by atoms with van der Waals surface area (Å²) in [5.41, 5.74) is 1.59. The van der Waals surface area contributed by atoms with Crippen molar-refractivity contribution >= 4 is 41.6 Å². The van der Waals surface area contributed by atoms with Crippen LogP contribution in [0.15, 0.2) is 56.7 Å². The molecule has 0 aliphatic carbocycles. The second-order valence-electron chi connectivity index (χ2n) is 6.29. The predicted molar refractivity (Wildman–Crippen MR) is 112 cm³/mol. The molecule has 1 heterocycles. The van der Waals surface area contributed by atoms with Gasteiger partial charge in [-0.05, 0) is 44.2 Å². The minimum absolute atomic E-state index is 0.0452. The van der Waals surface area contributed by atoms with Gasteiger partial charge in [0.2, 0.25) is 14.8 Å². The molecular formula is C18H21N3O5S3. The van der Waals surface area contributed by atoms with Crippen LogP contribution in [0.25, 0.3) is 10.2 Å². The Morgan fingerprint density at radius 2 is 1.72 bits per heavy atom. The van der Waals surface area contributed by atoms with E-state index in [0.717, 1.165) is 16.9 Å². The first kappa shape index (κ1) is 21.7. The van der Waals surface area contributed by atoms with E-state index in [1.807, 2.05) is 13.8 Å². The second kappa shape index (κ2) is 8.36. The average molecular weight is 456 g/mol. The number of sulfonamides is 2.